The smallest absolute Gasteiger partial charge is 0.327 e. The highest BCUT2D eigenvalue weighted by molar-refractivity contribution is 5.77. The van der Waals surface area contributed by atoms with E-state index in [0.29, 0.717) is 6.61 Å². The Balaban J connectivity index is 2.18. The van der Waals surface area contributed by atoms with Crippen molar-refractivity contribution < 1.29 is 14.3 Å². The van der Waals surface area contributed by atoms with Crippen molar-refractivity contribution in [2.75, 3.05) is 39.9 Å². The molecule has 1 heterocycles. The Kier molecular flexibility index (Phi) is 5.38. The van der Waals surface area contributed by atoms with Gasteiger partial charge >= 0.3 is 5.97 Å². The summed E-state index contributed by atoms with van der Waals surface area (Å²) < 4.78 is 10.4. The molecule has 1 aromatic carbocycles. The lowest BCUT2D eigenvalue weighted by molar-refractivity contribution is -0.147. The maximum Gasteiger partial charge on any atom is 0.327 e. The zero-order valence-corrected chi connectivity index (χ0v) is 12.1. The largest absolute Gasteiger partial charge is 0.494 e. The molecule has 1 N–H and O–H groups in total. The maximum atomic E-state index is 12.1. The number of nitrogens with zero attached hydrogens (tertiary/aromatic N) is 1. The molecule has 20 heavy (non-hydrogen) atoms. The molecule has 5 nitrogen and oxygen atoms in total. The van der Waals surface area contributed by atoms with Crippen LogP contribution in [0.15, 0.2) is 24.3 Å². The number of benzene rings is 1. The minimum Gasteiger partial charge on any atom is -0.494 e. The third-order valence-corrected chi connectivity index (χ3v) is 3.45. The van der Waals surface area contributed by atoms with Crippen molar-refractivity contribution in [3.8, 4) is 5.75 Å². The van der Waals surface area contributed by atoms with Crippen molar-refractivity contribution in [1.82, 2.24) is 10.2 Å². The second kappa shape index (κ2) is 7.26. The van der Waals surface area contributed by atoms with Gasteiger partial charge in [0.1, 0.15) is 11.8 Å². The minimum absolute atomic E-state index is 0.212. The SMILES string of the molecule is CCOc1ccc(C(C(=O)OC)N2CCNCC2)cc1. The third-order valence-electron chi connectivity index (χ3n) is 3.45. The van der Waals surface area contributed by atoms with Gasteiger partial charge in [0.15, 0.2) is 0 Å². The van der Waals surface area contributed by atoms with Gasteiger partial charge in [0.2, 0.25) is 0 Å². The molecule has 1 atom stereocenters. The van der Waals surface area contributed by atoms with Gasteiger partial charge in [-0.15, -0.1) is 0 Å². The van der Waals surface area contributed by atoms with Crippen LogP contribution in [0, 0.1) is 0 Å². The Labute approximate surface area is 119 Å². The normalized spacial score (nSPS) is 17.5. The predicted octanol–water partition coefficient (Wildman–Crippen LogP) is 1.20. The van der Waals surface area contributed by atoms with Crippen LogP contribution < -0.4 is 10.1 Å². The molecule has 1 unspecified atom stereocenters. The van der Waals surface area contributed by atoms with E-state index in [1.807, 2.05) is 31.2 Å². The van der Waals surface area contributed by atoms with E-state index in [2.05, 4.69) is 10.2 Å². The van der Waals surface area contributed by atoms with Crippen molar-refractivity contribution in [1.29, 1.82) is 0 Å². The molecule has 0 radical (unpaired) electrons. The predicted molar refractivity (Wildman–Crippen MR) is 76.8 cm³/mol. The lowest BCUT2D eigenvalue weighted by Gasteiger charge is -2.33. The molecule has 1 saturated heterocycles. The summed E-state index contributed by atoms with van der Waals surface area (Å²) in [5.74, 6) is 0.608. The highest BCUT2D eigenvalue weighted by atomic mass is 16.5. The van der Waals surface area contributed by atoms with Crippen LogP contribution in [0.25, 0.3) is 0 Å². The van der Waals surface area contributed by atoms with Gasteiger partial charge in [0.25, 0.3) is 0 Å². The van der Waals surface area contributed by atoms with Crippen LogP contribution in [0.5, 0.6) is 5.75 Å². The van der Waals surface area contributed by atoms with Gasteiger partial charge in [-0.3, -0.25) is 4.90 Å². The molecule has 1 fully saturated rings. The van der Waals surface area contributed by atoms with Gasteiger partial charge in [-0.2, -0.15) is 0 Å². The van der Waals surface area contributed by atoms with Crippen molar-refractivity contribution >= 4 is 5.97 Å². The number of ether oxygens (including phenoxy) is 2. The van der Waals surface area contributed by atoms with Gasteiger partial charge in [-0.25, -0.2) is 4.79 Å². The summed E-state index contributed by atoms with van der Waals surface area (Å²) >= 11 is 0. The van der Waals surface area contributed by atoms with E-state index < -0.39 is 0 Å². The van der Waals surface area contributed by atoms with E-state index in [-0.39, 0.29) is 12.0 Å². The topological polar surface area (TPSA) is 50.8 Å². The van der Waals surface area contributed by atoms with Gasteiger partial charge in [-0.1, -0.05) is 12.1 Å². The first-order valence-corrected chi connectivity index (χ1v) is 7.01. The van der Waals surface area contributed by atoms with Crippen molar-refractivity contribution in [3.05, 3.63) is 29.8 Å². The summed E-state index contributed by atoms with van der Waals surface area (Å²) in [6.07, 6.45) is 0. The van der Waals surface area contributed by atoms with E-state index in [1.165, 1.54) is 7.11 Å². The zero-order valence-electron chi connectivity index (χ0n) is 12.1. The van der Waals surface area contributed by atoms with Crippen LogP contribution in [0.2, 0.25) is 0 Å². The Morgan fingerprint density at radius 1 is 1.30 bits per heavy atom. The van der Waals surface area contributed by atoms with Crippen molar-refractivity contribution in [2.45, 2.75) is 13.0 Å². The standard InChI is InChI=1S/C15H22N2O3/c1-3-20-13-6-4-12(5-7-13)14(15(18)19-2)17-10-8-16-9-11-17/h4-7,14,16H,3,8-11H2,1-2H3. The van der Waals surface area contributed by atoms with E-state index in [1.54, 1.807) is 0 Å². The average molecular weight is 278 g/mol. The molecule has 0 spiro atoms. The second-order valence-corrected chi connectivity index (χ2v) is 4.71. The number of carbonyl (C=O) groups is 1. The number of esters is 1. The lowest BCUT2D eigenvalue weighted by atomic mass is 10.0. The summed E-state index contributed by atoms with van der Waals surface area (Å²) in [5, 5.41) is 3.29. The van der Waals surface area contributed by atoms with Crippen LogP contribution in [0.1, 0.15) is 18.5 Å². The van der Waals surface area contributed by atoms with Crippen LogP contribution in [0.3, 0.4) is 0 Å². The molecule has 0 aliphatic carbocycles. The molecule has 0 amide bonds. The number of rotatable bonds is 5. The molecule has 110 valence electrons. The van der Waals surface area contributed by atoms with Crippen LogP contribution in [0.4, 0.5) is 0 Å². The molecule has 5 heteroatoms. The summed E-state index contributed by atoms with van der Waals surface area (Å²) in [7, 11) is 1.44. The van der Waals surface area contributed by atoms with Crippen molar-refractivity contribution in [3.63, 3.8) is 0 Å². The number of hydrogen-bond donors (Lipinski definition) is 1. The molecule has 2 rings (SSSR count). The number of piperazine rings is 1. The van der Waals surface area contributed by atoms with E-state index in [9.17, 15) is 4.79 Å². The average Bonchev–Trinajstić information content (AvgIpc) is 2.50. The fourth-order valence-electron chi connectivity index (χ4n) is 2.46. The molecular formula is C15H22N2O3. The number of methoxy groups -OCH3 is 1. The van der Waals surface area contributed by atoms with Crippen molar-refractivity contribution in [2.24, 2.45) is 0 Å². The van der Waals surface area contributed by atoms with Crippen LogP contribution in [-0.2, 0) is 9.53 Å². The molecule has 0 aromatic heterocycles. The maximum absolute atomic E-state index is 12.1. The Hall–Kier alpha value is -1.59. The Bertz CT molecular complexity index is 427. The van der Waals surface area contributed by atoms with Gasteiger partial charge in [0, 0.05) is 26.2 Å². The number of nitrogens with one attached hydrogen (secondary N) is 1. The minimum atomic E-state index is -0.335. The molecular weight excluding hydrogens is 256 g/mol. The Morgan fingerprint density at radius 2 is 1.95 bits per heavy atom. The molecule has 1 aromatic rings. The highest BCUT2D eigenvalue weighted by Gasteiger charge is 2.29. The monoisotopic (exact) mass is 278 g/mol. The lowest BCUT2D eigenvalue weighted by Crippen LogP contribution is -2.47. The van der Waals surface area contributed by atoms with Crippen LogP contribution in [-0.4, -0.2) is 50.8 Å². The van der Waals surface area contributed by atoms with E-state index >= 15 is 0 Å². The summed E-state index contributed by atoms with van der Waals surface area (Å²) in [6, 6.07) is 7.34. The first-order valence-electron chi connectivity index (χ1n) is 7.01. The van der Waals surface area contributed by atoms with Crippen LogP contribution >= 0.6 is 0 Å². The summed E-state index contributed by atoms with van der Waals surface area (Å²) in [5.41, 5.74) is 0.946. The molecule has 0 saturated carbocycles. The first kappa shape index (κ1) is 14.8. The van der Waals surface area contributed by atoms with Gasteiger partial charge in [-0.05, 0) is 24.6 Å². The number of carbonyl (C=O) groups excluding carboxylic acids is 1. The third kappa shape index (κ3) is 3.49. The fraction of sp³-hybridized carbons (Fsp3) is 0.533. The zero-order chi connectivity index (χ0) is 14.4. The quantitative estimate of drug-likeness (QED) is 0.820. The molecule has 1 aliphatic rings. The highest BCUT2D eigenvalue weighted by Crippen LogP contribution is 2.24. The van der Waals surface area contributed by atoms with Gasteiger partial charge < -0.3 is 14.8 Å². The fourth-order valence-corrected chi connectivity index (χ4v) is 2.46. The summed E-state index contributed by atoms with van der Waals surface area (Å²) in [6.45, 7) is 6.05. The summed E-state index contributed by atoms with van der Waals surface area (Å²) in [4.78, 5) is 14.3. The molecule has 1 aliphatic heterocycles. The van der Waals surface area contributed by atoms with E-state index in [4.69, 9.17) is 9.47 Å². The molecule has 0 bridgehead atoms. The Morgan fingerprint density at radius 3 is 2.50 bits per heavy atom. The number of hydrogen-bond acceptors (Lipinski definition) is 5. The van der Waals surface area contributed by atoms with E-state index in [0.717, 1.165) is 37.5 Å². The second-order valence-electron chi connectivity index (χ2n) is 4.71. The van der Waals surface area contributed by atoms with Gasteiger partial charge in [0.05, 0.1) is 13.7 Å². The first-order chi connectivity index (χ1) is 9.76.